The largest absolute Gasteiger partial charge is 0.308 e. The molecule has 3 rings (SSSR count). The van der Waals surface area contributed by atoms with E-state index in [0.717, 1.165) is 46.9 Å². The van der Waals surface area contributed by atoms with Gasteiger partial charge in [0.1, 0.15) is 11.3 Å². The van der Waals surface area contributed by atoms with E-state index in [0.29, 0.717) is 5.88 Å². The average Bonchev–Trinajstić information content (AvgIpc) is 2.93. The van der Waals surface area contributed by atoms with E-state index in [-0.39, 0.29) is 0 Å². The molecule has 0 fully saturated rings. The average molecular weight is 304 g/mol. The molecular formula is C15H18ClN5. The van der Waals surface area contributed by atoms with Crippen LogP contribution < -0.4 is 0 Å². The molecule has 0 radical (unpaired) electrons. The number of pyridine rings is 1. The standard InChI is InChI=1S/C15H18ClN5/c1-10-4-5-12(8-17-10)9-21-13(6-7-16)18-14-11(2)19-20(3)15(14)21/h4-5,8H,6-7,9H2,1-3H3. The lowest BCUT2D eigenvalue weighted by Crippen LogP contribution is -2.09. The number of fused-ring (bicyclic) bond motifs is 1. The Kier molecular flexibility index (Phi) is 3.68. The van der Waals surface area contributed by atoms with Crippen LogP contribution in [-0.4, -0.2) is 30.2 Å². The van der Waals surface area contributed by atoms with Crippen molar-refractivity contribution >= 4 is 22.8 Å². The Labute approximate surface area is 128 Å². The van der Waals surface area contributed by atoms with Crippen molar-refractivity contribution < 1.29 is 0 Å². The molecule has 0 aliphatic rings. The summed E-state index contributed by atoms with van der Waals surface area (Å²) in [6.45, 7) is 4.70. The quantitative estimate of drug-likeness (QED) is 0.696. The van der Waals surface area contributed by atoms with Crippen molar-refractivity contribution in [3.8, 4) is 0 Å². The van der Waals surface area contributed by atoms with Crippen molar-refractivity contribution in [3.63, 3.8) is 0 Å². The van der Waals surface area contributed by atoms with Gasteiger partial charge in [-0.05, 0) is 25.5 Å². The zero-order valence-electron chi connectivity index (χ0n) is 12.5. The van der Waals surface area contributed by atoms with E-state index in [1.807, 2.05) is 37.8 Å². The lowest BCUT2D eigenvalue weighted by atomic mass is 10.2. The van der Waals surface area contributed by atoms with Crippen LogP contribution in [-0.2, 0) is 20.0 Å². The van der Waals surface area contributed by atoms with Crippen LogP contribution in [0.15, 0.2) is 18.3 Å². The summed E-state index contributed by atoms with van der Waals surface area (Å²) in [6.07, 6.45) is 2.66. The van der Waals surface area contributed by atoms with Gasteiger partial charge < -0.3 is 4.57 Å². The number of imidazole rings is 1. The summed E-state index contributed by atoms with van der Waals surface area (Å²) < 4.78 is 4.07. The summed E-state index contributed by atoms with van der Waals surface area (Å²) in [5.74, 6) is 1.55. The zero-order chi connectivity index (χ0) is 15.0. The van der Waals surface area contributed by atoms with Gasteiger partial charge in [-0.2, -0.15) is 5.10 Å². The second-order valence-corrected chi connectivity index (χ2v) is 5.62. The molecule has 6 heteroatoms. The lowest BCUT2D eigenvalue weighted by Gasteiger charge is -2.09. The third-order valence-corrected chi connectivity index (χ3v) is 3.79. The fraction of sp³-hybridized carbons (Fsp3) is 0.400. The normalized spacial score (nSPS) is 11.4. The first-order valence-corrected chi connectivity index (χ1v) is 7.50. The Morgan fingerprint density at radius 2 is 2.05 bits per heavy atom. The molecule has 0 amide bonds. The molecule has 3 aromatic rings. The summed E-state index contributed by atoms with van der Waals surface area (Å²) in [5, 5.41) is 4.45. The molecule has 0 bridgehead atoms. The molecule has 0 N–H and O–H groups in total. The van der Waals surface area contributed by atoms with E-state index in [1.54, 1.807) is 0 Å². The van der Waals surface area contributed by atoms with Gasteiger partial charge in [-0.1, -0.05) is 6.07 Å². The number of halogens is 1. The minimum Gasteiger partial charge on any atom is -0.308 e. The van der Waals surface area contributed by atoms with Crippen LogP contribution in [0.2, 0.25) is 0 Å². The van der Waals surface area contributed by atoms with Crippen LogP contribution in [0.5, 0.6) is 0 Å². The number of aromatic nitrogens is 5. The first-order valence-electron chi connectivity index (χ1n) is 6.96. The number of nitrogens with zero attached hydrogens (tertiary/aromatic N) is 5. The maximum absolute atomic E-state index is 5.92. The molecule has 110 valence electrons. The van der Waals surface area contributed by atoms with Crippen molar-refractivity contribution in [2.24, 2.45) is 7.05 Å². The Hall–Kier alpha value is -1.88. The van der Waals surface area contributed by atoms with Gasteiger partial charge in [0.2, 0.25) is 0 Å². The van der Waals surface area contributed by atoms with E-state index >= 15 is 0 Å². The zero-order valence-corrected chi connectivity index (χ0v) is 13.2. The van der Waals surface area contributed by atoms with E-state index in [2.05, 4.69) is 20.7 Å². The molecule has 0 saturated heterocycles. The Bertz CT molecular complexity index is 770. The van der Waals surface area contributed by atoms with Gasteiger partial charge in [-0.15, -0.1) is 11.6 Å². The highest BCUT2D eigenvalue weighted by Crippen LogP contribution is 2.21. The van der Waals surface area contributed by atoms with E-state index in [9.17, 15) is 0 Å². The fourth-order valence-electron chi connectivity index (χ4n) is 2.60. The Balaban J connectivity index is 2.10. The molecule has 0 aliphatic carbocycles. The highest BCUT2D eigenvalue weighted by Gasteiger charge is 2.17. The monoisotopic (exact) mass is 303 g/mol. The molecule has 0 atom stereocenters. The van der Waals surface area contributed by atoms with Gasteiger partial charge in [0, 0.05) is 31.2 Å². The summed E-state index contributed by atoms with van der Waals surface area (Å²) in [4.78, 5) is 9.07. The van der Waals surface area contributed by atoms with Gasteiger partial charge in [0.05, 0.1) is 12.2 Å². The summed E-state index contributed by atoms with van der Waals surface area (Å²) in [6, 6.07) is 4.13. The molecule has 0 aromatic carbocycles. The molecular weight excluding hydrogens is 286 g/mol. The molecule has 3 heterocycles. The Morgan fingerprint density at radius 1 is 1.24 bits per heavy atom. The molecule has 21 heavy (non-hydrogen) atoms. The summed E-state index contributed by atoms with van der Waals surface area (Å²) >= 11 is 5.92. The first kappa shape index (κ1) is 14.1. The Morgan fingerprint density at radius 3 is 2.71 bits per heavy atom. The van der Waals surface area contributed by atoms with E-state index in [1.165, 1.54) is 0 Å². The number of alkyl halides is 1. The highest BCUT2D eigenvalue weighted by atomic mass is 35.5. The topological polar surface area (TPSA) is 48.5 Å². The molecule has 0 saturated carbocycles. The smallest absolute Gasteiger partial charge is 0.158 e. The van der Waals surface area contributed by atoms with Crippen molar-refractivity contribution in [2.45, 2.75) is 26.8 Å². The van der Waals surface area contributed by atoms with Crippen LogP contribution in [0.1, 0.15) is 22.8 Å². The van der Waals surface area contributed by atoms with Crippen LogP contribution in [0.4, 0.5) is 0 Å². The number of rotatable bonds is 4. The van der Waals surface area contributed by atoms with Gasteiger partial charge in [-0.3, -0.25) is 9.67 Å². The fourth-order valence-corrected chi connectivity index (χ4v) is 2.76. The SMILES string of the molecule is Cc1ccc(Cn2c(CCCl)nc3c(C)nn(C)c32)cn1. The molecule has 5 nitrogen and oxygen atoms in total. The maximum Gasteiger partial charge on any atom is 0.158 e. The van der Waals surface area contributed by atoms with Crippen LogP contribution >= 0.6 is 11.6 Å². The minimum atomic E-state index is 0.557. The van der Waals surface area contributed by atoms with Gasteiger partial charge in [-0.25, -0.2) is 4.98 Å². The van der Waals surface area contributed by atoms with Gasteiger partial charge in [0.15, 0.2) is 5.65 Å². The summed E-state index contributed by atoms with van der Waals surface area (Å²) in [7, 11) is 1.95. The van der Waals surface area contributed by atoms with E-state index < -0.39 is 0 Å². The van der Waals surface area contributed by atoms with Gasteiger partial charge in [0.25, 0.3) is 0 Å². The van der Waals surface area contributed by atoms with Crippen molar-refractivity contribution in [2.75, 3.05) is 5.88 Å². The van der Waals surface area contributed by atoms with Crippen LogP contribution in [0, 0.1) is 13.8 Å². The second-order valence-electron chi connectivity index (χ2n) is 5.24. The molecule has 0 unspecified atom stereocenters. The molecule has 0 spiro atoms. The maximum atomic E-state index is 5.92. The molecule has 3 aromatic heterocycles. The number of aryl methyl sites for hydroxylation is 4. The van der Waals surface area contributed by atoms with Crippen molar-refractivity contribution in [3.05, 3.63) is 41.1 Å². The van der Waals surface area contributed by atoms with Crippen molar-refractivity contribution in [1.29, 1.82) is 0 Å². The van der Waals surface area contributed by atoms with Crippen molar-refractivity contribution in [1.82, 2.24) is 24.3 Å². The number of hydrogen-bond acceptors (Lipinski definition) is 3. The third-order valence-electron chi connectivity index (χ3n) is 3.60. The minimum absolute atomic E-state index is 0.557. The van der Waals surface area contributed by atoms with E-state index in [4.69, 9.17) is 16.6 Å². The highest BCUT2D eigenvalue weighted by molar-refractivity contribution is 6.17. The lowest BCUT2D eigenvalue weighted by molar-refractivity contribution is 0.691. The van der Waals surface area contributed by atoms with Crippen LogP contribution in [0.25, 0.3) is 11.2 Å². The predicted molar refractivity (Wildman–Crippen MR) is 83.7 cm³/mol. The van der Waals surface area contributed by atoms with Crippen LogP contribution in [0.3, 0.4) is 0 Å². The van der Waals surface area contributed by atoms with Gasteiger partial charge >= 0.3 is 0 Å². The second kappa shape index (κ2) is 5.48. The predicted octanol–water partition coefficient (Wildman–Crippen LogP) is 2.61. The first-order chi connectivity index (χ1) is 10.1. The number of hydrogen-bond donors (Lipinski definition) is 0. The summed E-state index contributed by atoms with van der Waals surface area (Å²) in [5.41, 5.74) is 5.11. The molecule has 0 aliphatic heterocycles. The third kappa shape index (κ3) is 2.53.